The molecule has 0 bridgehead atoms. The van der Waals surface area contributed by atoms with Crippen LogP contribution in [0.5, 0.6) is 0 Å². The van der Waals surface area contributed by atoms with E-state index in [9.17, 15) is 0 Å². The molecule has 1 aliphatic heterocycles. The third-order valence-corrected chi connectivity index (χ3v) is 3.28. The molecule has 0 aromatic carbocycles. The molecule has 1 atom stereocenters. The Bertz CT molecular complexity index is 165. The van der Waals surface area contributed by atoms with Gasteiger partial charge in [0, 0.05) is 5.54 Å². The molecule has 1 aliphatic rings. The molecule has 1 heterocycles. The van der Waals surface area contributed by atoms with Gasteiger partial charge in [-0.2, -0.15) is 0 Å². The number of rotatable bonds is 6. The lowest BCUT2D eigenvalue weighted by Crippen LogP contribution is -2.40. The summed E-state index contributed by atoms with van der Waals surface area (Å²) < 4.78 is 0. The molecule has 0 aromatic heterocycles. The van der Waals surface area contributed by atoms with E-state index in [1.54, 1.807) is 0 Å². The highest BCUT2D eigenvalue weighted by Gasteiger charge is 2.16. The summed E-state index contributed by atoms with van der Waals surface area (Å²) in [6, 6.07) is 0. The minimum absolute atomic E-state index is 0.0940. The number of hydrogen-bond donors (Lipinski definition) is 2. The zero-order chi connectivity index (χ0) is 11.1. The minimum Gasteiger partial charge on any atom is -0.394 e. The van der Waals surface area contributed by atoms with E-state index in [0.717, 1.165) is 12.8 Å². The fourth-order valence-corrected chi connectivity index (χ4v) is 2.13. The number of piperidine rings is 1. The van der Waals surface area contributed by atoms with Gasteiger partial charge in [0.05, 0.1) is 6.61 Å². The van der Waals surface area contributed by atoms with Crippen LogP contribution in [-0.2, 0) is 0 Å². The van der Waals surface area contributed by atoms with Gasteiger partial charge in [-0.3, -0.25) is 0 Å². The van der Waals surface area contributed by atoms with E-state index in [0.29, 0.717) is 0 Å². The maximum atomic E-state index is 9.01. The topological polar surface area (TPSA) is 49.5 Å². The first-order valence-electron chi connectivity index (χ1n) is 6.26. The Balaban J connectivity index is 2.00. The first-order valence-corrected chi connectivity index (χ1v) is 6.26. The molecule has 15 heavy (non-hydrogen) atoms. The van der Waals surface area contributed by atoms with Gasteiger partial charge < -0.3 is 15.7 Å². The summed E-state index contributed by atoms with van der Waals surface area (Å²) in [5.74, 6) is 0. The van der Waals surface area contributed by atoms with Gasteiger partial charge >= 0.3 is 0 Å². The Morgan fingerprint density at radius 2 is 1.87 bits per heavy atom. The second kappa shape index (κ2) is 6.46. The monoisotopic (exact) mass is 214 g/mol. The molecular formula is C12H26N2O. The Hall–Kier alpha value is -0.120. The molecule has 90 valence electrons. The summed E-state index contributed by atoms with van der Waals surface area (Å²) in [6.45, 7) is 5.78. The van der Waals surface area contributed by atoms with E-state index < -0.39 is 0 Å². The van der Waals surface area contributed by atoms with Crippen molar-refractivity contribution < 1.29 is 5.11 Å². The average Bonchev–Trinajstić information content (AvgIpc) is 2.26. The number of unbranched alkanes of at least 4 members (excludes halogenated alkanes) is 1. The normalized spacial score (nSPS) is 22.6. The maximum Gasteiger partial charge on any atom is 0.0608 e. The molecule has 3 N–H and O–H groups in total. The minimum atomic E-state index is -0.373. The van der Waals surface area contributed by atoms with Crippen molar-refractivity contribution in [2.45, 2.75) is 51.0 Å². The number of nitrogens with two attached hydrogens (primary N) is 1. The van der Waals surface area contributed by atoms with Crippen LogP contribution >= 0.6 is 0 Å². The molecule has 1 saturated heterocycles. The molecule has 0 radical (unpaired) electrons. The van der Waals surface area contributed by atoms with Crippen LogP contribution in [0.4, 0.5) is 0 Å². The predicted octanol–water partition coefficient (Wildman–Crippen LogP) is 1.35. The van der Waals surface area contributed by atoms with Crippen LogP contribution in [0.1, 0.15) is 45.4 Å². The molecule has 0 saturated carbocycles. The van der Waals surface area contributed by atoms with Crippen molar-refractivity contribution in [1.82, 2.24) is 4.90 Å². The van der Waals surface area contributed by atoms with Gasteiger partial charge in [0.1, 0.15) is 0 Å². The van der Waals surface area contributed by atoms with Crippen molar-refractivity contribution in [3.63, 3.8) is 0 Å². The first kappa shape index (κ1) is 12.9. The zero-order valence-electron chi connectivity index (χ0n) is 10.0. The van der Waals surface area contributed by atoms with Crippen LogP contribution in [0, 0.1) is 0 Å². The van der Waals surface area contributed by atoms with Crippen molar-refractivity contribution in [3.05, 3.63) is 0 Å². The van der Waals surface area contributed by atoms with Crippen molar-refractivity contribution in [2.75, 3.05) is 26.2 Å². The van der Waals surface area contributed by atoms with Gasteiger partial charge in [-0.25, -0.2) is 0 Å². The predicted molar refractivity (Wildman–Crippen MR) is 63.8 cm³/mol. The van der Waals surface area contributed by atoms with Crippen molar-refractivity contribution in [1.29, 1.82) is 0 Å². The SMILES string of the molecule is CC(N)(CO)CCCCN1CCCCC1. The maximum absolute atomic E-state index is 9.01. The Kier molecular flexibility index (Phi) is 5.58. The van der Waals surface area contributed by atoms with Gasteiger partial charge in [-0.15, -0.1) is 0 Å². The molecule has 1 unspecified atom stereocenters. The standard InChI is InChI=1S/C12H26N2O/c1-12(13,11-15)7-3-6-10-14-8-4-2-5-9-14/h15H,2-11,13H2,1H3. The fourth-order valence-electron chi connectivity index (χ4n) is 2.13. The van der Waals surface area contributed by atoms with E-state index in [1.165, 1.54) is 45.3 Å². The number of aliphatic hydroxyl groups excluding tert-OH is 1. The Morgan fingerprint density at radius 1 is 1.20 bits per heavy atom. The van der Waals surface area contributed by atoms with E-state index in [4.69, 9.17) is 10.8 Å². The highest BCUT2D eigenvalue weighted by Crippen LogP contribution is 2.13. The fraction of sp³-hybridized carbons (Fsp3) is 1.00. The summed E-state index contributed by atoms with van der Waals surface area (Å²) in [7, 11) is 0. The Labute approximate surface area is 93.6 Å². The van der Waals surface area contributed by atoms with E-state index in [1.807, 2.05) is 6.92 Å². The number of likely N-dealkylation sites (tertiary alicyclic amines) is 1. The lowest BCUT2D eigenvalue weighted by atomic mass is 9.97. The van der Waals surface area contributed by atoms with Crippen molar-refractivity contribution in [2.24, 2.45) is 5.73 Å². The van der Waals surface area contributed by atoms with Crippen LogP contribution in [0.25, 0.3) is 0 Å². The Morgan fingerprint density at radius 3 is 2.47 bits per heavy atom. The number of aliphatic hydroxyl groups is 1. The molecule has 0 amide bonds. The molecule has 1 fully saturated rings. The van der Waals surface area contributed by atoms with Gasteiger partial charge in [-0.05, 0) is 52.2 Å². The second-order valence-electron chi connectivity index (χ2n) is 5.17. The van der Waals surface area contributed by atoms with Gasteiger partial charge in [0.2, 0.25) is 0 Å². The van der Waals surface area contributed by atoms with Crippen molar-refractivity contribution in [3.8, 4) is 0 Å². The van der Waals surface area contributed by atoms with Crippen LogP contribution in [0.3, 0.4) is 0 Å². The zero-order valence-corrected chi connectivity index (χ0v) is 10.0. The average molecular weight is 214 g/mol. The molecular weight excluding hydrogens is 188 g/mol. The van der Waals surface area contributed by atoms with E-state index in [-0.39, 0.29) is 12.1 Å². The van der Waals surface area contributed by atoms with Crippen LogP contribution < -0.4 is 5.73 Å². The summed E-state index contributed by atoms with van der Waals surface area (Å²) in [5, 5.41) is 9.01. The van der Waals surface area contributed by atoms with Crippen molar-refractivity contribution >= 4 is 0 Å². The summed E-state index contributed by atoms with van der Waals surface area (Å²) in [6.07, 6.45) is 7.41. The number of nitrogens with zero attached hydrogens (tertiary/aromatic N) is 1. The van der Waals surface area contributed by atoms with Crippen LogP contribution in [-0.4, -0.2) is 41.8 Å². The first-order chi connectivity index (χ1) is 7.14. The van der Waals surface area contributed by atoms with E-state index in [2.05, 4.69) is 4.90 Å². The number of hydrogen-bond acceptors (Lipinski definition) is 3. The molecule has 3 heteroatoms. The molecule has 3 nitrogen and oxygen atoms in total. The third-order valence-electron chi connectivity index (χ3n) is 3.28. The molecule has 0 aromatic rings. The summed E-state index contributed by atoms with van der Waals surface area (Å²) >= 11 is 0. The summed E-state index contributed by atoms with van der Waals surface area (Å²) in [4.78, 5) is 2.55. The highest BCUT2D eigenvalue weighted by atomic mass is 16.3. The molecule has 0 aliphatic carbocycles. The third kappa shape index (κ3) is 5.50. The lowest BCUT2D eigenvalue weighted by molar-refractivity contribution is 0.189. The second-order valence-corrected chi connectivity index (χ2v) is 5.17. The summed E-state index contributed by atoms with van der Waals surface area (Å²) in [5.41, 5.74) is 5.50. The van der Waals surface area contributed by atoms with Gasteiger partial charge in [0.25, 0.3) is 0 Å². The smallest absolute Gasteiger partial charge is 0.0608 e. The van der Waals surface area contributed by atoms with Gasteiger partial charge in [0.15, 0.2) is 0 Å². The molecule has 1 rings (SSSR count). The van der Waals surface area contributed by atoms with E-state index >= 15 is 0 Å². The highest BCUT2D eigenvalue weighted by molar-refractivity contribution is 4.77. The quantitative estimate of drug-likeness (QED) is 0.656. The largest absolute Gasteiger partial charge is 0.394 e. The van der Waals surface area contributed by atoms with Crippen LogP contribution in [0.2, 0.25) is 0 Å². The molecule has 0 spiro atoms. The van der Waals surface area contributed by atoms with Crippen LogP contribution in [0.15, 0.2) is 0 Å². The lowest BCUT2D eigenvalue weighted by Gasteiger charge is -2.27. The van der Waals surface area contributed by atoms with Gasteiger partial charge in [-0.1, -0.05) is 12.8 Å².